The predicted molar refractivity (Wildman–Crippen MR) is 121 cm³/mol. The largest absolute Gasteiger partial charge is 0.453 e. The summed E-state index contributed by atoms with van der Waals surface area (Å²) in [5.41, 5.74) is -1.17. The molecule has 2 amide bonds. The Labute approximate surface area is 193 Å². The molecule has 2 heterocycles. The number of aliphatic hydroxyl groups is 1. The highest BCUT2D eigenvalue weighted by atomic mass is 32.2. The van der Waals surface area contributed by atoms with Crippen LogP contribution in [0.25, 0.3) is 11.0 Å². The van der Waals surface area contributed by atoms with Crippen LogP contribution in [0.15, 0.2) is 77.7 Å². The van der Waals surface area contributed by atoms with Crippen LogP contribution in [0.4, 0.5) is 10.7 Å². The molecule has 0 bridgehead atoms. The van der Waals surface area contributed by atoms with Gasteiger partial charge in [-0.3, -0.25) is 10.1 Å². The van der Waals surface area contributed by atoms with E-state index in [-0.39, 0.29) is 27.5 Å². The standard InChI is InChI=1S/C23H18N4O6S/c1-33-22(29)26-21-24-18-12-11-14(13-19(18)25-21)23(30)17-10-6-5-9-16(17)20(28)27(23)34(31,32)15-7-3-2-4-8-15/h2-13,30H,1H3,(H2,24,25,26,29). The van der Waals surface area contributed by atoms with E-state index >= 15 is 0 Å². The van der Waals surface area contributed by atoms with Crippen LogP contribution in [0.1, 0.15) is 21.5 Å². The maximum Gasteiger partial charge on any atom is 0.413 e. The Kier molecular flexibility index (Phi) is 4.88. The second-order valence-electron chi connectivity index (χ2n) is 7.54. The molecular formula is C23H18N4O6S. The number of anilines is 1. The summed E-state index contributed by atoms with van der Waals surface area (Å²) >= 11 is 0. The van der Waals surface area contributed by atoms with Gasteiger partial charge in [0.1, 0.15) is 0 Å². The molecule has 1 unspecified atom stereocenters. The van der Waals surface area contributed by atoms with E-state index in [1.54, 1.807) is 24.3 Å². The van der Waals surface area contributed by atoms with Gasteiger partial charge < -0.3 is 14.8 Å². The zero-order chi connectivity index (χ0) is 24.1. The third kappa shape index (κ3) is 3.13. The molecule has 0 fully saturated rings. The molecule has 0 spiro atoms. The summed E-state index contributed by atoms with van der Waals surface area (Å²) in [6.07, 6.45) is -0.728. The summed E-state index contributed by atoms with van der Waals surface area (Å²) in [7, 11) is -3.23. The summed E-state index contributed by atoms with van der Waals surface area (Å²) in [6, 6.07) is 18.1. The quantitative estimate of drug-likeness (QED) is 0.409. The Morgan fingerprint density at radius 2 is 1.79 bits per heavy atom. The van der Waals surface area contributed by atoms with Crippen LogP contribution >= 0.6 is 0 Å². The number of aromatic nitrogens is 2. The third-order valence-corrected chi connectivity index (χ3v) is 7.36. The second-order valence-corrected chi connectivity index (χ2v) is 9.33. The van der Waals surface area contributed by atoms with Gasteiger partial charge in [0.15, 0.2) is 0 Å². The number of H-pyrrole nitrogens is 1. The van der Waals surface area contributed by atoms with E-state index in [1.807, 2.05) is 0 Å². The molecule has 172 valence electrons. The van der Waals surface area contributed by atoms with Crippen LogP contribution in [0.5, 0.6) is 0 Å². The number of benzene rings is 3. The molecular weight excluding hydrogens is 460 g/mol. The second kappa shape index (κ2) is 7.68. The summed E-state index contributed by atoms with van der Waals surface area (Å²) < 4.78 is 32.2. The molecule has 34 heavy (non-hydrogen) atoms. The van der Waals surface area contributed by atoms with Crippen molar-refractivity contribution in [3.63, 3.8) is 0 Å². The van der Waals surface area contributed by atoms with Crippen LogP contribution in [-0.2, 0) is 20.5 Å². The molecule has 11 heteroatoms. The number of nitrogens with one attached hydrogen (secondary N) is 2. The van der Waals surface area contributed by atoms with Crippen molar-refractivity contribution in [2.24, 2.45) is 0 Å². The highest BCUT2D eigenvalue weighted by Gasteiger charge is 2.55. The van der Waals surface area contributed by atoms with E-state index in [0.29, 0.717) is 15.3 Å². The molecule has 1 aliphatic rings. The van der Waals surface area contributed by atoms with Crippen LogP contribution in [0.2, 0.25) is 0 Å². The number of ether oxygens (including phenoxy) is 1. The Bertz CT molecular complexity index is 1550. The molecule has 5 rings (SSSR count). The van der Waals surface area contributed by atoms with Gasteiger partial charge in [-0.2, -0.15) is 4.31 Å². The monoisotopic (exact) mass is 478 g/mol. The minimum atomic E-state index is -4.44. The fraction of sp³-hybridized carbons (Fsp3) is 0.0870. The number of aromatic amines is 1. The van der Waals surface area contributed by atoms with Gasteiger partial charge in [0.25, 0.3) is 15.9 Å². The fourth-order valence-corrected chi connectivity index (χ4v) is 5.61. The number of amides is 2. The van der Waals surface area contributed by atoms with E-state index in [0.717, 1.165) is 0 Å². The van der Waals surface area contributed by atoms with Crippen molar-refractivity contribution < 1.29 is 27.9 Å². The minimum absolute atomic E-state index is 0.0715. The molecule has 10 nitrogen and oxygen atoms in total. The van der Waals surface area contributed by atoms with E-state index in [9.17, 15) is 23.1 Å². The van der Waals surface area contributed by atoms with Gasteiger partial charge in [-0.15, -0.1) is 0 Å². The number of hydrogen-bond acceptors (Lipinski definition) is 7. The summed E-state index contributed by atoms with van der Waals surface area (Å²) in [5.74, 6) is -0.748. The van der Waals surface area contributed by atoms with Crippen molar-refractivity contribution in [1.29, 1.82) is 0 Å². The molecule has 3 N–H and O–H groups in total. The van der Waals surface area contributed by atoms with E-state index < -0.39 is 27.7 Å². The topological polar surface area (TPSA) is 142 Å². The Morgan fingerprint density at radius 3 is 2.53 bits per heavy atom. The van der Waals surface area contributed by atoms with E-state index in [2.05, 4.69) is 20.0 Å². The van der Waals surface area contributed by atoms with Gasteiger partial charge in [0, 0.05) is 16.7 Å². The highest BCUT2D eigenvalue weighted by molar-refractivity contribution is 7.89. The zero-order valence-electron chi connectivity index (χ0n) is 17.7. The van der Waals surface area contributed by atoms with Crippen molar-refractivity contribution in [3.8, 4) is 0 Å². The fourth-order valence-electron chi connectivity index (χ4n) is 4.03. The van der Waals surface area contributed by atoms with E-state index in [1.165, 1.54) is 55.6 Å². The first kappa shape index (κ1) is 21.6. The normalized spacial score (nSPS) is 17.6. The summed E-state index contributed by atoms with van der Waals surface area (Å²) in [4.78, 5) is 31.8. The molecule has 0 saturated heterocycles. The summed E-state index contributed by atoms with van der Waals surface area (Å²) in [6.45, 7) is 0. The molecule has 3 aromatic carbocycles. The lowest BCUT2D eigenvalue weighted by atomic mass is 9.94. The molecule has 1 atom stereocenters. The lowest BCUT2D eigenvalue weighted by Gasteiger charge is -2.33. The number of carbonyl (C=O) groups excluding carboxylic acids is 2. The minimum Gasteiger partial charge on any atom is -0.453 e. The lowest BCUT2D eigenvalue weighted by Crippen LogP contribution is -2.48. The molecule has 0 aliphatic carbocycles. The number of rotatable bonds is 4. The SMILES string of the molecule is COC(=O)Nc1nc2ccc(C3(O)c4ccccc4C(=O)N3S(=O)(=O)c3ccccc3)cc2[nH]1. The molecule has 0 radical (unpaired) electrons. The number of fused-ring (bicyclic) bond motifs is 2. The number of carbonyl (C=O) groups is 2. The first-order chi connectivity index (χ1) is 16.3. The molecule has 1 aliphatic heterocycles. The maximum atomic E-state index is 13.6. The number of imidazole rings is 1. The Hall–Kier alpha value is -4.22. The average molecular weight is 478 g/mol. The number of sulfonamides is 1. The van der Waals surface area contributed by atoms with E-state index in [4.69, 9.17) is 0 Å². The average Bonchev–Trinajstić information content (AvgIpc) is 3.35. The highest BCUT2D eigenvalue weighted by Crippen LogP contribution is 2.45. The Balaban J connectivity index is 1.70. The molecule has 4 aromatic rings. The van der Waals surface area contributed by atoms with Crippen LogP contribution in [-0.4, -0.2) is 46.9 Å². The number of methoxy groups -OCH3 is 1. The van der Waals surface area contributed by atoms with Gasteiger partial charge in [-0.25, -0.2) is 18.2 Å². The Morgan fingerprint density at radius 1 is 1.09 bits per heavy atom. The van der Waals surface area contributed by atoms with Crippen molar-refractivity contribution >= 4 is 39.0 Å². The van der Waals surface area contributed by atoms with Gasteiger partial charge >= 0.3 is 6.09 Å². The van der Waals surface area contributed by atoms with Gasteiger partial charge in [0.2, 0.25) is 11.7 Å². The van der Waals surface area contributed by atoms with Gasteiger partial charge in [-0.05, 0) is 30.3 Å². The first-order valence-corrected chi connectivity index (χ1v) is 11.5. The number of nitrogens with zero attached hydrogens (tertiary/aromatic N) is 2. The zero-order valence-corrected chi connectivity index (χ0v) is 18.5. The number of hydrogen-bond donors (Lipinski definition) is 3. The third-order valence-electron chi connectivity index (χ3n) is 5.58. The van der Waals surface area contributed by atoms with Crippen LogP contribution < -0.4 is 5.32 Å². The van der Waals surface area contributed by atoms with Gasteiger partial charge in [-0.1, -0.05) is 42.5 Å². The van der Waals surface area contributed by atoms with Gasteiger partial charge in [0.05, 0.1) is 23.0 Å². The summed E-state index contributed by atoms with van der Waals surface area (Å²) in [5, 5.41) is 14.4. The first-order valence-electron chi connectivity index (χ1n) is 10.1. The predicted octanol–water partition coefficient (Wildman–Crippen LogP) is 2.78. The molecule has 0 saturated carbocycles. The van der Waals surface area contributed by atoms with Crippen LogP contribution in [0.3, 0.4) is 0 Å². The molecule has 1 aromatic heterocycles. The maximum absolute atomic E-state index is 13.6. The van der Waals surface area contributed by atoms with Crippen molar-refractivity contribution in [2.45, 2.75) is 10.6 Å². The lowest BCUT2D eigenvalue weighted by molar-refractivity contribution is -0.00706. The smallest absolute Gasteiger partial charge is 0.413 e. The van der Waals surface area contributed by atoms with Crippen LogP contribution in [0, 0.1) is 0 Å². The van der Waals surface area contributed by atoms with Crippen molar-refractivity contribution in [2.75, 3.05) is 12.4 Å². The van der Waals surface area contributed by atoms with Crippen molar-refractivity contribution in [1.82, 2.24) is 14.3 Å². The van der Waals surface area contributed by atoms with Crippen molar-refractivity contribution in [3.05, 3.63) is 89.5 Å².